The first-order chi connectivity index (χ1) is 49.0. The summed E-state index contributed by atoms with van der Waals surface area (Å²) in [7, 11) is 1.50. The van der Waals surface area contributed by atoms with E-state index in [1.54, 1.807) is 0 Å². The van der Waals surface area contributed by atoms with E-state index in [4.69, 9.17) is 18.5 Å². The highest BCUT2D eigenvalue weighted by Gasteiger charge is 2.27. The number of rotatable bonds is 81. The normalized spacial score (nSPS) is 13.4. The fourth-order valence-corrected chi connectivity index (χ4v) is 13.6. The molecule has 0 radical (unpaired) electrons. The number of unbranched alkanes of at least 4 members (excludes halogenated alkanes) is 53. The lowest BCUT2D eigenvalue weighted by atomic mass is 10.0. The smallest absolute Gasteiger partial charge is 0.462 e. The summed E-state index contributed by atoms with van der Waals surface area (Å²) < 4.78 is 34.9. The zero-order valence-electron chi connectivity index (χ0n) is 66.9. The van der Waals surface area contributed by atoms with Gasteiger partial charge >= 0.3 is 19.8 Å². The molecule has 0 fully saturated rings. The Morgan fingerprint density at radius 2 is 0.570 bits per heavy atom. The third-order valence-electron chi connectivity index (χ3n) is 19.4. The molecule has 10 heteroatoms. The van der Waals surface area contributed by atoms with E-state index in [0.29, 0.717) is 23.9 Å². The van der Waals surface area contributed by atoms with Gasteiger partial charge in [-0.15, -0.1) is 0 Å². The van der Waals surface area contributed by atoms with Crippen LogP contribution in [0.3, 0.4) is 0 Å². The number of nitrogens with zero attached hydrogens (tertiary/aromatic N) is 1. The van der Waals surface area contributed by atoms with Crippen molar-refractivity contribution in [3.8, 4) is 0 Å². The zero-order valence-corrected chi connectivity index (χ0v) is 67.8. The molecular formula is C90H167NO8P+. The van der Waals surface area contributed by atoms with Crippen molar-refractivity contribution in [2.24, 2.45) is 0 Å². The maximum absolute atomic E-state index is 12.9. The molecule has 0 aliphatic heterocycles. The summed E-state index contributed by atoms with van der Waals surface area (Å²) in [5, 5.41) is 0. The van der Waals surface area contributed by atoms with Crippen LogP contribution in [0.25, 0.3) is 0 Å². The Labute approximate surface area is 621 Å². The lowest BCUT2D eigenvalue weighted by molar-refractivity contribution is -0.870. The number of ether oxygens (including phenoxy) is 2. The first kappa shape index (κ1) is 97.2. The number of phosphoric ester groups is 1. The van der Waals surface area contributed by atoms with Gasteiger partial charge in [0, 0.05) is 12.8 Å². The van der Waals surface area contributed by atoms with Crippen LogP contribution in [0.1, 0.15) is 425 Å². The molecule has 100 heavy (non-hydrogen) atoms. The monoisotopic (exact) mass is 1420 g/mol. The highest BCUT2D eigenvalue weighted by Crippen LogP contribution is 2.43. The molecule has 2 atom stereocenters. The SMILES string of the molecule is CC/C=C\C/C=C\C/C=C\C/C=C\C/C=C\CCCCCCCCCCCCCCCCCCCCCC(=O)OC(COC(=O)CCCCCCCCCCCCCCCCCCCCCCCCCCCCCCC/C=C\C/C=C\CCCCCCC)COP(=O)(O)OCC[N+](C)(C)C. The largest absolute Gasteiger partial charge is 0.472 e. The Kier molecular flexibility index (Phi) is 78.0. The van der Waals surface area contributed by atoms with Crippen molar-refractivity contribution in [2.45, 2.75) is 431 Å². The van der Waals surface area contributed by atoms with E-state index in [9.17, 15) is 19.0 Å². The fourth-order valence-electron chi connectivity index (χ4n) is 12.8. The Hall–Kier alpha value is -2.81. The Morgan fingerprint density at radius 3 is 0.850 bits per heavy atom. The van der Waals surface area contributed by atoms with Gasteiger partial charge in [-0.2, -0.15) is 0 Å². The van der Waals surface area contributed by atoms with Crippen LogP contribution in [0.15, 0.2) is 85.1 Å². The summed E-state index contributed by atoms with van der Waals surface area (Å²) in [6, 6.07) is 0. The van der Waals surface area contributed by atoms with E-state index >= 15 is 0 Å². The number of hydrogen-bond donors (Lipinski definition) is 1. The first-order valence-corrected chi connectivity index (χ1v) is 44.8. The first-order valence-electron chi connectivity index (χ1n) is 43.3. The molecule has 0 aromatic heterocycles. The average Bonchev–Trinajstić information content (AvgIpc) is 1.65. The molecule has 0 spiro atoms. The molecule has 0 saturated carbocycles. The van der Waals surface area contributed by atoms with Gasteiger partial charge in [0.1, 0.15) is 19.8 Å². The van der Waals surface area contributed by atoms with Gasteiger partial charge in [-0.05, 0) is 89.9 Å². The predicted molar refractivity (Wildman–Crippen MR) is 436 cm³/mol. The van der Waals surface area contributed by atoms with Crippen molar-refractivity contribution in [2.75, 3.05) is 47.5 Å². The van der Waals surface area contributed by atoms with Gasteiger partial charge in [0.25, 0.3) is 0 Å². The van der Waals surface area contributed by atoms with Crippen LogP contribution in [0.5, 0.6) is 0 Å². The van der Waals surface area contributed by atoms with Gasteiger partial charge in [-0.1, -0.05) is 407 Å². The van der Waals surface area contributed by atoms with Gasteiger partial charge in [0.2, 0.25) is 0 Å². The van der Waals surface area contributed by atoms with E-state index in [1.165, 1.54) is 321 Å². The number of phosphoric acid groups is 1. The molecule has 0 aromatic carbocycles. The number of hydrogen-bond acceptors (Lipinski definition) is 7. The molecule has 0 aliphatic carbocycles. The minimum absolute atomic E-state index is 0.0330. The topological polar surface area (TPSA) is 108 Å². The van der Waals surface area contributed by atoms with Gasteiger partial charge in [0.15, 0.2) is 6.10 Å². The van der Waals surface area contributed by atoms with Gasteiger partial charge in [0.05, 0.1) is 27.7 Å². The van der Waals surface area contributed by atoms with E-state index < -0.39 is 26.5 Å². The van der Waals surface area contributed by atoms with Crippen LogP contribution in [0.4, 0.5) is 0 Å². The van der Waals surface area contributed by atoms with E-state index in [-0.39, 0.29) is 25.6 Å². The fraction of sp³-hybridized carbons (Fsp3) is 0.822. The highest BCUT2D eigenvalue weighted by atomic mass is 31.2. The summed E-state index contributed by atoms with van der Waals surface area (Å²) >= 11 is 0. The standard InChI is InChI=1S/C90H166NO8P/c1-6-8-10-12-14-16-18-20-22-24-26-28-30-32-34-36-38-40-42-43-44-45-46-47-49-50-52-54-56-58-60-62-64-66-68-70-72-74-76-78-80-82-89(92)96-86-88(87-98-100(94,95)97-85-84-91(3,4)5)99-90(93)83-81-79-77-75-73-71-69-67-65-63-61-59-57-55-53-51-48-41-39-37-35-33-31-29-27-25-23-21-19-17-15-13-11-9-7-2/h9,11,15,17-18,20-21,23-24,26-27,29,33,35,88H,6-8,10,12-14,16,19,22,25,28,30-32,34,36-87H2,1-5H3/p+1/b11-9-,17-15-,20-18-,23-21-,26-24-,29-27-,35-33-. The van der Waals surface area contributed by atoms with Crippen LogP contribution < -0.4 is 0 Å². The number of quaternary nitrogens is 1. The average molecular weight is 1420 g/mol. The number of carbonyl (C=O) groups is 2. The van der Waals surface area contributed by atoms with Crippen molar-refractivity contribution in [3.63, 3.8) is 0 Å². The van der Waals surface area contributed by atoms with Crippen molar-refractivity contribution >= 4 is 19.8 Å². The van der Waals surface area contributed by atoms with Crippen LogP contribution in [0, 0.1) is 0 Å². The number of allylic oxidation sites excluding steroid dienone is 14. The van der Waals surface area contributed by atoms with Crippen LogP contribution >= 0.6 is 7.82 Å². The van der Waals surface area contributed by atoms with Gasteiger partial charge in [-0.3, -0.25) is 18.6 Å². The zero-order chi connectivity index (χ0) is 72.5. The number of likely N-dealkylation sites (N-methyl/N-ethyl adjacent to an activating group) is 1. The van der Waals surface area contributed by atoms with Crippen molar-refractivity contribution < 1.29 is 42.1 Å². The molecule has 0 bridgehead atoms. The molecule has 0 aliphatic rings. The van der Waals surface area contributed by atoms with Gasteiger partial charge in [-0.25, -0.2) is 4.57 Å². The summed E-state index contributed by atoms with van der Waals surface area (Å²) in [5.41, 5.74) is 0. The van der Waals surface area contributed by atoms with Crippen molar-refractivity contribution in [1.82, 2.24) is 0 Å². The molecule has 584 valence electrons. The molecule has 0 amide bonds. The minimum atomic E-state index is -4.40. The predicted octanol–water partition coefficient (Wildman–Crippen LogP) is 29.2. The van der Waals surface area contributed by atoms with Crippen LogP contribution in [-0.2, 0) is 32.7 Å². The van der Waals surface area contributed by atoms with Gasteiger partial charge < -0.3 is 18.9 Å². The maximum atomic E-state index is 12.9. The second-order valence-electron chi connectivity index (χ2n) is 30.5. The quantitative estimate of drug-likeness (QED) is 0.0211. The highest BCUT2D eigenvalue weighted by molar-refractivity contribution is 7.47. The Bertz CT molecular complexity index is 1970. The molecule has 9 nitrogen and oxygen atoms in total. The molecule has 0 heterocycles. The molecule has 0 aromatic rings. The molecule has 1 N–H and O–H groups in total. The van der Waals surface area contributed by atoms with Crippen molar-refractivity contribution in [1.29, 1.82) is 0 Å². The van der Waals surface area contributed by atoms with Crippen molar-refractivity contribution in [3.05, 3.63) is 85.1 Å². The second kappa shape index (κ2) is 80.3. The van der Waals surface area contributed by atoms with Crippen LogP contribution in [0.2, 0.25) is 0 Å². The molecule has 0 saturated heterocycles. The lowest BCUT2D eigenvalue weighted by Crippen LogP contribution is -2.37. The van der Waals surface area contributed by atoms with E-state index in [1.807, 2.05) is 21.1 Å². The minimum Gasteiger partial charge on any atom is -0.462 e. The Morgan fingerprint density at radius 1 is 0.320 bits per heavy atom. The second-order valence-corrected chi connectivity index (χ2v) is 32.0. The molecule has 0 rings (SSSR count). The van der Waals surface area contributed by atoms with Crippen LogP contribution in [-0.4, -0.2) is 74.9 Å². The van der Waals surface area contributed by atoms with E-state index in [2.05, 4.69) is 98.9 Å². The summed E-state index contributed by atoms with van der Waals surface area (Å²) in [6.45, 7) is 4.38. The third-order valence-corrected chi connectivity index (χ3v) is 20.4. The Balaban J connectivity index is 3.87. The molecule has 2 unspecified atom stereocenters. The number of carbonyl (C=O) groups excluding carboxylic acids is 2. The maximum Gasteiger partial charge on any atom is 0.472 e. The summed E-state index contributed by atoms with van der Waals surface area (Å²) in [4.78, 5) is 36.0. The van der Waals surface area contributed by atoms with E-state index in [0.717, 1.165) is 70.6 Å². The summed E-state index contributed by atoms with van der Waals surface area (Å²) in [5.74, 6) is -0.775. The molecular weight excluding hydrogens is 1250 g/mol. The lowest BCUT2D eigenvalue weighted by Gasteiger charge is -2.24. The number of esters is 2. The third kappa shape index (κ3) is 84.1. The summed E-state index contributed by atoms with van der Waals surface area (Å²) in [6.07, 6.45) is 112.